The van der Waals surface area contributed by atoms with E-state index in [1.165, 1.54) is 18.2 Å². The van der Waals surface area contributed by atoms with Gasteiger partial charge in [-0.3, -0.25) is 14.9 Å². The number of amides is 1. The molecular formula is C9H9BrN2O3. The number of non-ortho nitro benzene ring substituents is 1. The Balaban J connectivity index is 2.93. The first-order valence-corrected chi connectivity index (χ1v) is 5.07. The molecule has 0 fully saturated rings. The molecule has 0 aliphatic rings. The van der Waals surface area contributed by atoms with Crippen molar-refractivity contribution in [3.05, 3.63) is 32.8 Å². The normalized spacial score (nSPS) is 9.73. The van der Waals surface area contributed by atoms with E-state index in [1.54, 1.807) is 6.92 Å². The molecule has 0 bridgehead atoms. The van der Waals surface area contributed by atoms with Crippen molar-refractivity contribution < 1.29 is 9.72 Å². The van der Waals surface area contributed by atoms with Gasteiger partial charge >= 0.3 is 0 Å². The van der Waals surface area contributed by atoms with E-state index >= 15 is 0 Å². The summed E-state index contributed by atoms with van der Waals surface area (Å²) in [5.74, 6) is -0.135. The molecule has 0 spiro atoms. The van der Waals surface area contributed by atoms with E-state index in [1.807, 2.05) is 0 Å². The molecular weight excluding hydrogens is 264 g/mol. The Bertz CT molecular complexity index is 406. The smallest absolute Gasteiger partial charge is 0.270 e. The molecule has 5 nitrogen and oxygen atoms in total. The number of carbonyl (C=O) groups is 1. The zero-order chi connectivity index (χ0) is 11.4. The average Bonchev–Trinajstić information content (AvgIpc) is 2.20. The lowest BCUT2D eigenvalue weighted by atomic mass is 10.3. The highest BCUT2D eigenvalue weighted by atomic mass is 79.9. The van der Waals surface area contributed by atoms with Crippen LogP contribution in [0.25, 0.3) is 0 Å². The van der Waals surface area contributed by atoms with Gasteiger partial charge in [-0.25, -0.2) is 0 Å². The quantitative estimate of drug-likeness (QED) is 0.679. The molecule has 1 aromatic rings. The summed E-state index contributed by atoms with van der Waals surface area (Å²) in [5, 5.41) is 13.1. The number of nitro benzene ring substituents is 1. The Hall–Kier alpha value is -1.43. The van der Waals surface area contributed by atoms with Gasteiger partial charge in [-0.2, -0.15) is 0 Å². The highest BCUT2D eigenvalue weighted by Crippen LogP contribution is 2.27. The minimum atomic E-state index is -0.490. The van der Waals surface area contributed by atoms with Crippen molar-refractivity contribution in [2.45, 2.75) is 13.3 Å². The lowest BCUT2D eigenvalue weighted by Crippen LogP contribution is -2.09. The average molecular weight is 273 g/mol. The summed E-state index contributed by atoms with van der Waals surface area (Å²) in [6.45, 7) is 1.73. The van der Waals surface area contributed by atoms with E-state index in [-0.39, 0.29) is 11.6 Å². The third-order valence-electron chi connectivity index (χ3n) is 1.76. The maximum absolute atomic E-state index is 11.1. The Kier molecular flexibility index (Phi) is 3.79. The van der Waals surface area contributed by atoms with Crippen LogP contribution in [-0.2, 0) is 4.79 Å². The van der Waals surface area contributed by atoms with E-state index in [4.69, 9.17) is 0 Å². The molecule has 15 heavy (non-hydrogen) atoms. The van der Waals surface area contributed by atoms with Gasteiger partial charge in [0.25, 0.3) is 5.69 Å². The summed E-state index contributed by atoms with van der Waals surface area (Å²) in [7, 11) is 0. The summed E-state index contributed by atoms with van der Waals surface area (Å²) < 4.78 is 0.499. The van der Waals surface area contributed by atoms with E-state index < -0.39 is 4.92 Å². The molecule has 0 aliphatic heterocycles. The topological polar surface area (TPSA) is 72.2 Å². The van der Waals surface area contributed by atoms with E-state index in [0.717, 1.165) is 0 Å². The monoisotopic (exact) mass is 272 g/mol. The molecule has 0 saturated heterocycles. The summed E-state index contributed by atoms with van der Waals surface area (Å²) in [4.78, 5) is 21.0. The van der Waals surface area contributed by atoms with E-state index in [0.29, 0.717) is 16.6 Å². The molecule has 1 N–H and O–H groups in total. The van der Waals surface area contributed by atoms with Crippen LogP contribution in [0.3, 0.4) is 0 Å². The third kappa shape index (κ3) is 3.02. The number of hydrogen-bond donors (Lipinski definition) is 1. The molecule has 0 aromatic heterocycles. The number of hydrogen-bond acceptors (Lipinski definition) is 3. The molecule has 1 amide bonds. The van der Waals surface area contributed by atoms with Gasteiger partial charge < -0.3 is 5.32 Å². The fraction of sp³-hybridized carbons (Fsp3) is 0.222. The standard InChI is InChI=1S/C9H9BrN2O3/c1-2-9(13)11-8-4-3-6(12(14)15)5-7(8)10/h3-5H,2H2,1H3,(H,11,13). The number of benzene rings is 1. The van der Waals surface area contributed by atoms with Crippen LogP contribution in [0.4, 0.5) is 11.4 Å². The summed E-state index contributed by atoms with van der Waals surface area (Å²) >= 11 is 3.15. The minimum Gasteiger partial charge on any atom is -0.325 e. The lowest BCUT2D eigenvalue weighted by Gasteiger charge is -2.05. The molecule has 6 heteroatoms. The number of carbonyl (C=O) groups excluding carboxylic acids is 1. The number of nitro groups is 1. The van der Waals surface area contributed by atoms with Gasteiger partial charge in [-0.15, -0.1) is 0 Å². The zero-order valence-electron chi connectivity index (χ0n) is 7.99. The Morgan fingerprint density at radius 3 is 2.73 bits per heavy atom. The Morgan fingerprint density at radius 1 is 1.60 bits per heavy atom. The molecule has 80 valence electrons. The largest absolute Gasteiger partial charge is 0.325 e. The molecule has 0 unspecified atom stereocenters. The Labute approximate surface area is 94.8 Å². The van der Waals surface area contributed by atoms with E-state index in [2.05, 4.69) is 21.2 Å². The van der Waals surface area contributed by atoms with Crippen molar-refractivity contribution in [2.24, 2.45) is 0 Å². The van der Waals surface area contributed by atoms with Crippen molar-refractivity contribution in [2.75, 3.05) is 5.32 Å². The molecule has 1 rings (SSSR count). The fourth-order valence-electron chi connectivity index (χ4n) is 0.958. The van der Waals surface area contributed by atoms with Crippen molar-refractivity contribution in [3.8, 4) is 0 Å². The Morgan fingerprint density at radius 2 is 2.27 bits per heavy atom. The van der Waals surface area contributed by atoms with Crippen LogP contribution in [-0.4, -0.2) is 10.8 Å². The second kappa shape index (κ2) is 4.88. The van der Waals surface area contributed by atoms with Crippen LogP contribution in [0.2, 0.25) is 0 Å². The number of anilines is 1. The van der Waals surface area contributed by atoms with Crippen LogP contribution in [0, 0.1) is 10.1 Å². The van der Waals surface area contributed by atoms with Crippen molar-refractivity contribution in [3.63, 3.8) is 0 Å². The maximum atomic E-state index is 11.1. The van der Waals surface area contributed by atoms with Gasteiger partial charge in [-0.1, -0.05) is 6.92 Å². The molecule has 0 aliphatic carbocycles. The van der Waals surface area contributed by atoms with Gasteiger partial charge in [0, 0.05) is 23.0 Å². The van der Waals surface area contributed by atoms with Crippen LogP contribution in [0.5, 0.6) is 0 Å². The lowest BCUT2D eigenvalue weighted by molar-refractivity contribution is -0.384. The predicted molar refractivity (Wildman–Crippen MR) is 59.7 cm³/mol. The van der Waals surface area contributed by atoms with Crippen molar-refractivity contribution >= 4 is 33.2 Å². The number of nitrogens with zero attached hydrogens (tertiary/aromatic N) is 1. The highest BCUT2D eigenvalue weighted by molar-refractivity contribution is 9.10. The summed E-state index contributed by atoms with van der Waals surface area (Å²) in [5.41, 5.74) is 0.517. The third-order valence-corrected chi connectivity index (χ3v) is 2.41. The number of rotatable bonds is 3. The van der Waals surface area contributed by atoms with Crippen molar-refractivity contribution in [1.29, 1.82) is 0 Å². The molecule has 0 heterocycles. The molecule has 1 aromatic carbocycles. The van der Waals surface area contributed by atoms with E-state index in [9.17, 15) is 14.9 Å². The first-order chi connectivity index (χ1) is 7.04. The summed E-state index contributed by atoms with van der Waals surface area (Å²) in [6.07, 6.45) is 0.365. The predicted octanol–water partition coefficient (Wildman–Crippen LogP) is 2.71. The zero-order valence-corrected chi connectivity index (χ0v) is 9.58. The second-order valence-electron chi connectivity index (χ2n) is 2.82. The van der Waals surface area contributed by atoms with Gasteiger partial charge in [-0.05, 0) is 22.0 Å². The first-order valence-electron chi connectivity index (χ1n) is 4.28. The SMILES string of the molecule is CCC(=O)Nc1ccc([N+](=O)[O-])cc1Br. The maximum Gasteiger partial charge on any atom is 0.270 e. The molecule has 0 atom stereocenters. The first kappa shape index (κ1) is 11.6. The number of nitrogens with one attached hydrogen (secondary N) is 1. The van der Waals surface area contributed by atoms with Gasteiger partial charge in [0.2, 0.25) is 5.91 Å². The van der Waals surface area contributed by atoms with Gasteiger partial charge in [0.05, 0.1) is 10.6 Å². The fourth-order valence-corrected chi connectivity index (χ4v) is 1.42. The molecule has 0 saturated carbocycles. The summed E-state index contributed by atoms with van der Waals surface area (Å²) in [6, 6.07) is 4.19. The van der Waals surface area contributed by atoms with Crippen LogP contribution in [0.15, 0.2) is 22.7 Å². The molecule has 0 radical (unpaired) electrons. The van der Waals surface area contributed by atoms with Crippen LogP contribution < -0.4 is 5.32 Å². The number of halogens is 1. The van der Waals surface area contributed by atoms with Crippen LogP contribution in [0.1, 0.15) is 13.3 Å². The van der Waals surface area contributed by atoms with Crippen LogP contribution >= 0.6 is 15.9 Å². The van der Waals surface area contributed by atoms with Gasteiger partial charge in [0.15, 0.2) is 0 Å². The highest BCUT2D eigenvalue weighted by Gasteiger charge is 2.10. The van der Waals surface area contributed by atoms with Gasteiger partial charge in [0.1, 0.15) is 0 Å². The minimum absolute atomic E-state index is 0.0172. The van der Waals surface area contributed by atoms with Crippen molar-refractivity contribution in [1.82, 2.24) is 0 Å². The second-order valence-corrected chi connectivity index (χ2v) is 3.68.